The molecule has 1 amide bonds. The van der Waals surface area contributed by atoms with E-state index in [1.54, 1.807) is 11.8 Å². The Bertz CT molecular complexity index is 187. The zero-order valence-corrected chi connectivity index (χ0v) is 9.68. The second-order valence-electron chi connectivity index (χ2n) is 3.72. The number of piperidine rings is 1. The van der Waals surface area contributed by atoms with E-state index >= 15 is 0 Å². The predicted molar refractivity (Wildman–Crippen MR) is 61.4 cm³/mol. The van der Waals surface area contributed by atoms with Crippen LogP contribution in [0.5, 0.6) is 0 Å². The van der Waals surface area contributed by atoms with Crippen LogP contribution >= 0.6 is 11.8 Å². The highest BCUT2D eigenvalue weighted by atomic mass is 32.2. The topological polar surface area (TPSA) is 46.3 Å². The molecule has 0 aromatic carbocycles. The van der Waals surface area contributed by atoms with Crippen LogP contribution in [0.2, 0.25) is 0 Å². The number of thioether (sulfide) groups is 1. The molecule has 0 spiro atoms. The third-order valence-electron chi connectivity index (χ3n) is 2.74. The van der Waals surface area contributed by atoms with Crippen LogP contribution in [0.3, 0.4) is 0 Å². The zero-order valence-electron chi connectivity index (χ0n) is 8.87. The van der Waals surface area contributed by atoms with E-state index < -0.39 is 0 Å². The summed E-state index contributed by atoms with van der Waals surface area (Å²) in [5, 5.41) is 0. The second kappa shape index (κ2) is 6.30. The van der Waals surface area contributed by atoms with Gasteiger partial charge in [-0.15, -0.1) is 0 Å². The van der Waals surface area contributed by atoms with Gasteiger partial charge in [-0.25, -0.2) is 0 Å². The zero-order chi connectivity index (χ0) is 10.4. The molecule has 0 radical (unpaired) electrons. The van der Waals surface area contributed by atoms with E-state index in [4.69, 9.17) is 5.73 Å². The van der Waals surface area contributed by atoms with Crippen molar-refractivity contribution in [1.29, 1.82) is 0 Å². The SMILES string of the molecule is CSCCC(=O)N1CCCCC1CN. The molecule has 2 N–H and O–H groups in total. The van der Waals surface area contributed by atoms with Gasteiger partial charge in [-0.3, -0.25) is 4.79 Å². The molecular formula is C10H20N2OS. The Morgan fingerprint density at radius 1 is 1.57 bits per heavy atom. The number of rotatable bonds is 4. The number of hydrogen-bond donors (Lipinski definition) is 1. The van der Waals surface area contributed by atoms with Gasteiger partial charge in [0.1, 0.15) is 0 Å². The number of nitrogens with two attached hydrogens (primary N) is 1. The van der Waals surface area contributed by atoms with Crippen molar-refractivity contribution < 1.29 is 4.79 Å². The van der Waals surface area contributed by atoms with E-state index in [1.165, 1.54) is 6.42 Å². The monoisotopic (exact) mass is 216 g/mol. The molecule has 0 bridgehead atoms. The second-order valence-corrected chi connectivity index (χ2v) is 4.70. The average Bonchev–Trinajstić information content (AvgIpc) is 2.25. The molecular weight excluding hydrogens is 196 g/mol. The van der Waals surface area contributed by atoms with Crippen molar-refractivity contribution in [1.82, 2.24) is 4.90 Å². The quantitative estimate of drug-likeness (QED) is 0.765. The number of likely N-dealkylation sites (tertiary alicyclic amines) is 1. The lowest BCUT2D eigenvalue weighted by Gasteiger charge is -2.35. The van der Waals surface area contributed by atoms with Crippen LogP contribution in [0.25, 0.3) is 0 Å². The molecule has 0 aromatic rings. The first-order valence-electron chi connectivity index (χ1n) is 5.28. The molecule has 82 valence electrons. The maximum Gasteiger partial charge on any atom is 0.223 e. The molecule has 1 atom stereocenters. The van der Waals surface area contributed by atoms with E-state index in [0.717, 1.165) is 25.1 Å². The molecule has 1 heterocycles. The summed E-state index contributed by atoms with van der Waals surface area (Å²) in [5.41, 5.74) is 5.66. The lowest BCUT2D eigenvalue weighted by atomic mass is 10.0. The number of nitrogens with zero attached hydrogens (tertiary/aromatic N) is 1. The van der Waals surface area contributed by atoms with Gasteiger partial charge in [-0.1, -0.05) is 0 Å². The first-order chi connectivity index (χ1) is 6.79. The number of amides is 1. The third-order valence-corrected chi connectivity index (χ3v) is 3.35. The number of hydrogen-bond acceptors (Lipinski definition) is 3. The molecule has 0 aromatic heterocycles. The highest BCUT2D eigenvalue weighted by Gasteiger charge is 2.24. The van der Waals surface area contributed by atoms with Gasteiger partial charge in [0.05, 0.1) is 0 Å². The molecule has 1 unspecified atom stereocenters. The van der Waals surface area contributed by atoms with Gasteiger partial charge in [-0.2, -0.15) is 11.8 Å². The summed E-state index contributed by atoms with van der Waals surface area (Å²) in [6, 6.07) is 0.304. The Labute approximate surface area is 90.4 Å². The van der Waals surface area contributed by atoms with Gasteiger partial charge in [0.15, 0.2) is 0 Å². The smallest absolute Gasteiger partial charge is 0.223 e. The third kappa shape index (κ3) is 3.17. The Morgan fingerprint density at radius 3 is 3.00 bits per heavy atom. The molecule has 1 aliphatic rings. The van der Waals surface area contributed by atoms with Crippen LogP contribution in [0.15, 0.2) is 0 Å². The van der Waals surface area contributed by atoms with Crippen LogP contribution in [-0.4, -0.2) is 41.9 Å². The minimum atomic E-state index is 0.287. The van der Waals surface area contributed by atoms with Crippen LogP contribution < -0.4 is 5.73 Å². The summed E-state index contributed by atoms with van der Waals surface area (Å²) in [6.45, 7) is 1.53. The van der Waals surface area contributed by atoms with Gasteiger partial charge in [-0.05, 0) is 25.5 Å². The van der Waals surface area contributed by atoms with E-state index in [9.17, 15) is 4.79 Å². The Kier molecular flexibility index (Phi) is 5.33. The molecule has 1 aliphatic heterocycles. The van der Waals surface area contributed by atoms with Crippen molar-refractivity contribution >= 4 is 17.7 Å². The van der Waals surface area contributed by atoms with Gasteiger partial charge in [0, 0.05) is 31.3 Å². The van der Waals surface area contributed by atoms with Gasteiger partial charge in [0.25, 0.3) is 0 Å². The van der Waals surface area contributed by atoms with E-state index in [1.807, 2.05) is 11.2 Å². The van der Waals surface area contributed by atoms with Crippen LogP contribution in [0.1, 0.15) is 25.7 Å². The highest BCUT2D eigenvalue weighted by molar-refractivity contribution is 7.98. The van der Waals surface area contributed by atoms with Crippen LogP contribution in [0, 0.1) is 0 Å². The minimum absolute atomic E-state index is 0.287. The summed E-state index contributed by atoms with van der Waals surface area (Å²) in [4.78, 5) is 13.8. The number of carbonyl (C=O) groups excluding carboxylic acids is 1. The molecule has 4 heteroatoms. The van der Waals surface area contributed by atoms with Crippen molar-refractivity contribution in [2.24, 2.45) is 5.73 Å². The average molecular weight is 216 g/mol. The first-order valence-corrected chi connectivity index (χ1v) is 6.67. The van der Waals surface area contributed by atoms with Crippen molar-refractivity contribution in [3.8, 4) is 0 Å². The van der Waals surface area contributed by atoms with E-state index in [-0.39, 0.29) is 5.91 Å². The standard InChI is InChI=1S/C10H20N2OS/c1-14-7-5-10(13)12-6-3-2-4-9(12)8-11/h9H,2-8,11H2,1H3. The summed E-state index contributed by atoms with van der Waals surface area (Å²) in [6.07, 6.45) is 6.14. The minimum Gasteiger partial charge on any atom is -0.338 e. The largest absolute Gasteiger partial charge is 0.338 e. The first kappa shape index (κ1) is 11.9. The summed E-state index contributed by atoms with van der Waals surface area (Å²) >= 11 is 1.72. The van der Waals surface area contributed by atoms with Crippen molar-refractivity contribution in [3.63, 3.8) is 0 Å². The molecule has 1 rings (SSSR count). The van der Waals surface area contributed by atoms with Crippen LogP contribution in [0.4, 0.5) is 0 Å². The van der Waals surface area contributed by atoms with Gasteiger partial charge >= 0.3 is 0 Å². The van der Waals surface area contributed by atoms with E-state index in [2.05, 4.69) is 0 Å². The summed E-state index contributed by atoms with van der Waals surface area (Å²) in [7, 11) is 0. The molecule has 0 saturated carbocycles. The van der Waals surface area contributed by atoms with Crippen molar-refractivity contribution in [3.05, 3.63) is 0 Å². The van der Waals surface area contributed by atoms with Gasteiger partial charge < -0.3 is 10.6 Å². The van der Waals surface area contributed by atoms with E-state index in [0.29, 0.717) is 19.0 Å². The fourth-order valence-corrected chi connectivity index (χ4v) is 2.29. The molecule has 1 fully saturated rings. The number of carbonyl (C=O) groups is 1. The lowest BCUT2D eigenvalue weighted by Crippen LogP contribution is -2.47. The molecule has 0 aliphatic carbocycles. The molecule has 14 heavy (non-hydrogen) atoms. The predicted octanol–water partition coefficient (Wildman–Crippen LogP) is 1.08. The maximum atomic E-state index is 11.8. The normalized spacial score (nSPS) is 22.4. The Balaban J connectivity index is 2.41. The fraction of sp³-hybridized carbons (Fsp3) is 0.900. The van der Waals surface area contributed by atoms with Crippen molar-refractivity contribution in [2.45, 2.75) is 31.7 Å². The van der Waals surface area contributed by atoms with Crippen molar-refractivity contribution in [2.75, 3.05) is 25.1 Å². The summed E-state index contributed by atoms with van der Waals surface area (Å²) in [5.74, 6) is 1.21. The molecule has 1 saturated heterocycles. The van der Waals surface area contributed by atoms with Gasteiger partial charge in [0.2, 0.25) is 5.91 Å². The van der Waals surface area contributed by atoms with Crippen LogP contribution in [-0.2, 0) is 4.79 Å². The maximum absolute atomic E-state index is 11.8. The lowest BCUT2D eigenvalue weighted by molar-refractivity contribution is -0.134. The summed E-state index contributed by atoms with van der Waals surface area (Å²) < 4.78 is 0. The molecule has 3 nitrogen and oxygen atoms in total. The fourth-order valence-electron chi connectivity index (χ4n) is 1.91. The Morgan fingerprint density at radius 2 is 2.36 bits per heavy atom. The highest BCUT2D eigenvalue weighted by Crippen LogP contribution is 2.17. The Hall–Kier alpha value is -0.220.